The molecule has 3 rings (SSSR count). The molecule has 106 valence electrons. The Morgan fingerprint density at radius 2 is 1.95 bits per heavy atom. The Hall–Kier alpha value is -1.85. The number of para-hydroxylation sites is 1. The fourth-order valence-corrected chi connectivity index (χ4v) is 2.68. The lowest BCUT2D eigenvalue weighted by molar-refractivity contribution is 0.593. The van der Waals surface area contributed by atoms with E-state index in [1.807, 2.05) is 24.3 Å². The number of hydrogen-bond donors (Lipinski definition) is 1. The fourth-order valence-electron chi connectivity index (χ4n) is 2.35. The van der Waals surface area contributed by atoms with Crippen LogP contribution in [0.3, 0.4) is 0 Å². The summed E-state index contributed by atoms with van der Waals surface area (Å²) in [5.74, 6) is -0.258. The van der Waals surface area contributed by atoms with E-state index < -0.39 is 0 Å². The smallest absolute Gasteiger partial charge is 0.127 e. The molecule has 2 aromatic carbocycles. The molecule has 0 aliphatic carbocycles. The highest BCUT2D eigenvalue weighted by molar-refractivity contribution is 9.10. The molecule has 1 unspecified atom stereocenters. The highest BCUT2D eigenvalue weighted by Gasteiger charge is 2.14. The Kier molecular flexibility index (Phi) is 3.94. The van der Waals surface area contributed by atoms with Gasteiger partial charge in [0.15, 0.2) is 0 Å². The van der Waals surface area contributed by atoms with E-state index in [1.54, 1.807) is 18.5 Å². The van der Waals surface area contributed by atoms with Crippen LogP contribution in [-0.4, -0.2) is 9.97 Å². The summed E-state index contributed by atoms with van der Waals surface area (Å²) in [6.45, 7) is 0. The Bertz CT molecular complexity index is 786. The molecule has 3 aromatic rings. The minimum Gasteiger partial charge on any atom is -0.324 e. The quantitative estimate of drug-likeness (QED) is 0.785. The molecule has 0 fully saturated rings. The van der Waals surface area contributed by atoms with E-state index >= 15 is 0 Å². The van der Waals surface area contributed by atoms with Crippen molar-refractivity contribution in [2.75, 3.05) is 0 Å². The van der Waals surface area contributed by atoms with E-state index in [1.165, 1.54) is 6.07 Å². The molecule has 0 radical (unpaired) electrons. The molecular weight excluding hydrogens is 333 g/mol. The van der Waals surface area contributed by atoms with Gasteiger partial charge in [0, 0.05) is 22.9 Å². The number of halogens is 2. The van der Waals surface area contributed by atoms with Crippen molar-refractivity contribution in [2.24, 2.45) is 5.73 Å². The zero-order valence-electron chi connectivity index (χ0n) is 11.1. The van der Waals surface area contributed by atoms with Crippen molar-refractivity contribution < 1.29 is 4.39 Å². The van der Waals surface area contributed by atoms with Crippen LogP contribution in [0.1, 0.15) is 17.2 Å². The standard InChI is InChI=1S/C16H13BrFN3/c17-11-5-4-10(13(18)9-11)8-14(19)12-2-1-3-15-16(12)21-7-6-20-15/h1-7,9,14H,8,19H2. The van der Waals surface area contributed by atoms with Crippen LogP contribution in [0.25, 0.3) is 11.0 Å². The third kappa shape index (κ3) is 2.94. The van der Waals surface area contributed by atoms with Gasteiger partial charge in [0.05, 0.1) is 11.0 Å². The van der Waals surface area contributed by atoms with Gasteiger partial charge in [-0.3, -0.25) is 9.97 Å². The number of aromatic nitrogens is 2. The summed E-state index contributed by atoms with van der Waals surface area (Å²) in [6, 6.07) is 10.4. The summed E-state index contributed by atoms with van der Waals surface area (Å²) in [5.41, 5.74) is 9.28. The number of benzene rings is 2. The van der Waals surface area contributed by atoms with Gasteiger partial charge in [-0.25, -0.2) is 4.39 Å². The number of rotatable bonds is 3. The van der Waals surface area contributed by atoms with Gasteiger partial charge in [-0.15, -0.1) is 0 Å². The molecule has 3 nitrogen and oxygen atoms in total. The summed E-state index contributed by atoms with van der Waals surface area (Å²) in [7, 11) is 0. The van der Waals surface area contributed by atoms with Crippen LogP contribution >= 0.6 is 15.9 Å². The lowest BCUT2D eigenvalue weighted by atomic mass is 9.98. The molecule has 21 heavy (non-hydrogen) atoms. The van der Waals surface area contributed by atoms with Crippen LogP contribution in [-0.2, 0) is 6.42 Å². The Morgan fingerprint density at radius 1 is 1.14 bits per heavy atom. The van der Waals surface area contributed by atoms with Crippen LogP contribution in [0.4, 0.5) is 4.39 Å². The number of nitrogens with zero attached hydrogens (tertiary/aromatic N) is 2. The first-order valence-corrected chi connectivity index (χ1v) is 7.33. The molecule has 0 saturated carbocycles. The highest BCUT2D eigenvalue weighted by Crippen LogP contribution is 2.24. The SMILES string of the molecule is NC(Cc1ccc(Br)cc1F)c1cccc2nccnc12. The number of nitrogens with two attached hydrogens (primary N) is 1. The third-order valence-corrected chi connectivity index (χ3v) is 3.88. The zero-order valence-corrected chi connectivity index (χ0v) is 12.7. The van der Waals surface area contributed by atoms with Gasteiger partial charge in [0.1, 0.15) is 5.82 Å². The highest BCUT2D eigenvalue weighted by atomic mass is 79.9. The summed E-state index contributed by atoms with van der Waals surface area (Å²) in [5, 5.41) is 0. The van der Waals surface area contributed by atoms with Crippen molar-refractivity contribution >= 4 is 27.0 Å². The predicted octanol–water partition coefficient (Wildman–Crippen LogP) is 3.77. The van der Waals surface area contributed by atoms with Crippen molar-refractivity contribution in [1.29, 1.82) is 0 Å². The Morgan fingerprint density at radius 3 is 2.76 bits per heavy atom. The van der Waals surface area contributed by atoms with E-state index in [9.17, 15) is 4.39 Å². The second kappa shape index (κ2) is 5.87. The van der Waals surface area contributed by atoms with Crippen LogP contribution in [0.5, 0.6) is 0 Å². The monoisotopic (exact) mass is 345 g/mol. The molecule has 0 bridgehead atoms. The average Bonchev–Trinajstić information content (AvgIpc) is 2.49. The van der Waals surface area contributed by atoms with Crippen molar-refractivity contribution in [3.63, 3.8) is 0 Å². The number of hydrogen-bond acceptors (Lipinski definition) is 3. The van der Waals surface area contributed by atoms with Crippen LogP contribution in [0, 0.1) is 5.82 Å². The van der Waals surface area contributed by atoms with Gasteiger partial charge in [-0.1, -0.05) is 34.1 Å². The van der Waals surface area contributed by atoms with Crippen LogP contribution in [0.15, 0.2) is 53.3 Å². The molecule has 2 N–H and O–H groups in total. The molecule has 0 spiro atoms. The van der Waals surface area contributed by atoms with E-state index in [-0.39, 0.29) is 11.9 Å². The molecule has 1 atom stereocenters. The van der Waals surface area contributed by atoms with Gasteiger partial charge in [-0.05, 0) is 35.7 Å². The maximum atomic E-state index is 13.9. The summed E-state index contributed by atoms with van der Waals surface area (Å²) < 4.78 is 14.6. The fraction of sp³-hybridized carbons (Fsp3) is 0.125. The summed E-state index contributed by atoms with van der Waals surface area (Å²) in [4.78, 5) is 8.60. The molecule has 0 aliphatic rings. The first-order valence-electron chi connectivity index (χ1n) is 6.54. The molecule has 0 saturated heterocycles. The van der Waals surface area contributed by atoms with Gasteiger partial charge < -0.3 is 5.73 Å². The first-order chi connectivity index (χ1) is 10.1. The Balaban J connectivity index is 1.95. The van der Waals surface area contributed by atoms with Crippen molar-refractivity contribution in [3.05, 3.63) is 70.2 Å². The largest absolute Gasteiger partial charge is 0.324 e. The lowest BCUT2D eigenvalue weighted by Crippen LogP contribution is -2.15. The second-order valence-electron chi connectivity index (χ2n) is 4.82. The molecule has 1 aromatic heterocycles. The third-order valence-electron chi connectivity index (χ3n) is 3.38. The lowest BCUT2D eigenvalue weighted by Gasteiger charge is -2.14. The number of fused-ring (bicyclic) bond motifs is 1. The van der Waals surface area contributed by atoms with Gasteiger partial charge in [-0.2, -0.15) is 0 Å². The van der Waals surface area contributed by atoms with E-state index in [2.05, 4.69) is 25.9 Å². The molecule has 5 heteroatoms. The van der Waals surface area contributed by atoms with E-state index in [0.29, 0.717) is 16.5 Å². The predicted molar refractivity (Wildman–Crippen MR) is 84.3 cm³/mol. The zero-order chi connectivity index (χ0) is 14.8. The van der Waals surface area contributed by atoms with Gasteiger partial charge in [0.25, 0.3) is 0 Å². The normalized spacial score (nSPS) is 12.5. The first kappa shape index (κ1) is 14.1. The summed E-state index contributed by atoms with van der Waals surface area (Å²) in [6.07, 6.45) is 3.69. The molecule has 0 amide bonds. The molecular formula is C16H13BrFN3. The second-order valence-corrected chi connectivity index (χ2v) is 5.73. The van der Waals surface area contributed by atoms with Crippen LogP contribution < -0.4 is 5.73 Å². The van der Waals surface area contributed by atoms with Gasteiger partial charge in [0.2, 0.25) is 0 Å². The van der Waals surface area contributed by atoms with Crippen molar-refractivity contribution in [3.8, 4) is 0 Å². The Labute approximate surface area is 130 Å². The maximum absolute atomic E-state index is 13.9. The van der Waals surface area contributed by atoms with E-state index in [4.69, 9.17) is 5.73 Å². The van der Waals surface area contributed by atoms with Gasteiger partial charge >= 0.3 is 0 Å². The minimum atomic E-state index is -0.332. The molecule has 1 heterocycles. The topological polar surface area (TPSA) is 51.8 Å². The maximum Gasteiger partial charge on any atom is 0.127 e. The van der Waals surface area contributed by atoms with Crippen LogP contribution in [0.2, 0.25) is 0 Å². The van der Waals surface area contributed by atoms with E-state index in [0.717, 1.165) is 16.6 Å². The van der Waals surface area contributed by atoms with Crippen molar-refractivity contribution in [1.82, 2.24) is 9.97 Å². The minimum absolute atomic E-state index is 0.258. The molecule has 0 aliphatic heterocycles. The summed E-state index contributed by atoms with van der Waals surface area (Å²) >= 11 is 3.25. The average molecular weight is 346 g/mol. The van der Waals surface area contributed by atoms with Crippen molar-refractivity contribution in [2.45, 2.75) is 12.5 Å².